The van der Waals surface area contributed by atoms with Gasteiger partial charge in [0.1, 0.15) is 17.1 Å². The zero-order valence-electron chi connectivity index (χ0n) is 13.0. The molecule has 0 fully saturated rings. The topological polar surface area (TPSA) is 65.4 Å². The number of aromatic nitrogens is 3. The van der Waals surface area contributed by atoms with Gasteiger partial charge in [-0.3, -0.25) is 0 Å². The number of benzene rings is 2. The van der Waals surface area contributed by atoms with Crippen molar-refractivity contribution in [2.45, 2.75) is 6.42 Å². The van der Waals surface area contributed by atoms with Crippen molar-refractivity contribution in [3.8, 4) is 5.75 Å². The number of nitrogen functional groups attached to an aromatic ring is 1. The third-order valence-electron chi connectivity index (χ3n) is 3.97. The van der Waals surface area contributed by atoms with Crippen molar-refractivity contribution in [3.05, 3.63) is 65.6 Å². The molecule has 0 atom stereocenters. The number of hydrogen-bond donors (Lipinski definition) is 1. The van der Waals surface area contributed by atoms with Crippen molar-refractivity contribution >= 4 is 22.4 Å². The normalized spacial score (nSPS) is 11.2. The van der Waals surface area contributed by atoms with Crippen LogP contribution < -0.4 is 10.5 Å². The first-order chi connectivity index (χ1) is 11.7. The summed E-state index contributed by atoms with van der Waals surface area (Å²) in [5, 5.41) is 5.41. The molecular weight excluding hydrogens is 307 g/mol. The number of anilines is 1. The van der Waals surface area contributed by atoms with Crippen molar-refractivity contribution in [2.24, 2.45) is 0 Å². The second-order valence-electron chi connectivity index (χ2n) is 5.57. The number of halogens is 1. The summed E-state index contributed by atoms with van der Waals surface area (Å²) in [5.41, 5.74) is 9.25. The maximum absolute atomic E-state index is 13.4. The largest absolute Gasteiger partial charge is 0.494 e. The fourth-order valence-corrected chi connectivity index (χ4v) is 2.91. The molecule has 0 aliphatic carbocycles. The number of fused-ring (bicyclic) bond motifs is 3. The van der Waals surface area contributed by atoms with E-state index in [9.17, 15) is 4.39 Å². The molecule has 5 nitrogen and oxygen atoms in total. The van der Waals surface area contributed by atoms with Gasteiger partial charge >= 0.3 is 0 Å². The van der Waals surface area contributed by atoms with Crippen LogP contribution in [0.25, 0.3) is 16.4 Å². The molecule has 0 spiro atoms. The van der Waals surface area contributed by atoms with Gasteiger partial charge in [-0.25, -0.2) is 9.37 Å². The van der Waals surface area contributed by atoms with Gasteiger partial charge in [0.05, 0.1) is 18.3 Å². The molecule has 4 aromatic rings. The minimum Gasteiger partial charge on any atom is -0.494 e. The SMILES string of the molecule is COc1cccc2c1nc(N)n1nc(Cc3cccc(F)c3)cc21. The monoisotopic (exact) mass is 322 g/mol. The van der Waals surface area contributed by atoms with Crippen LogP contribution in [0.1, 0.15) is 11.3 Å². The highest BCUT2D eigenvalue weighted by molar-refractivity contribution is 5.97. The lowest BCUT2D eigenvalue weighted by molar-refractivity contribution is 0.419. The Bertz CT molecular complexity index is 1060. The van der Waals surface area contributed by atoms with Gasteiger partial charge in [0, 0.05) is 11.8 Å². The summed E-state index contributed by atoms with van der Waals surface area (Å²) in [6.45, 7) is 0. The van der Waals surface area contributed by atoms with Crippen molar-refractivity contribution < 1.29 is 9.13 Å². The summed E-state index contributed by atoms with van der Waals surface area (Å²) in [5.74, 6) is 0.690. The molecule has 0 saturated heterocycles. The number of nitrogens with zero attached hydrogens (tertiary/aromatic N) is 3. The average Bonchev–Trinajstić information content (AvgIpc) is 2.99. The Morgan fingerprint density at radius 3 is 2.79 bits per heavy atom. The predicted molar refractivity (Wildman–Crippen MR) is 90.7 cm³/mol. The third-order valence-corrected chi connectivity index (χ3v) is 3.97. The van der Waals surface area contributed by atoms with Gasteiger partial charge in [0.2, 0.25) is 5.95 Å². The molecule has 0 bridgehead atoms. The quantitative estimate of drug-likeness (QED) is 0.629. The minimum absolute atomic E-state index is 0.257. The Labute approximate surface area is 137 Å². The van der Waals surface area contributed by atoms with Crippen LogP contribution in [-0.4, -0.2) is 21.7 Å². The fraction of sp³-hybridized carbons (Fsp3) is 0.111. The summed E-state index contributed by atoms with van der Waals surface area (Å²) < 4.78 is 20.3. The van der Waals surface area contributed by atoms with Gasteiger partial charge in [-0.1, -0.05) is 24.3 Å². The molecule has 2 N–H and O–H groups in total. The Hall–Kier alpha value is -3.15. The lowest BCUT2D eigenvalue weighted by Gasteiger charge is -2.07. The van der Waals surface area contributed by atoms with Crippen LogP contribution in [0.3, 0.4) is 0 Å². The highest BCUT2D eigenvalue weighted by Crippen LogP contribution is 2.29. The van der Waals surface area contributed by atoms with Gasteiger partial charge in [0.15, 0.2) is 0 Å². The molecule has 24 heavy (non-hydrogen) atoms. The molecule has 120 valence electrons. The van der Waals surface area contributed by atoms with Gasteiger partial charge in [0.25, 0.3) is 0 Å². The number of ether oxygens (including phenoxy) is 1. The van der Waals surface area contributed by atoms with E-state index in [0.29, 0.717) is 17.7 Å². The van der Waals surface area contributed by atoms with Crippen molar-refractivity contribution in [1.82, 2.24) is 14.6 Å². The van der Waals surface area contributed by atoms with E-state index >= 15 is 0 Å². The first-order valence-electron chi connectivity index (χ1n) is 7.51. The molecule has 0 aliphatic heterocycles. The summed E-state index contributed by atoms with van der Waals surface area (Å²) in [6.07, 6.45) is 0.518. The number of rotatable bonds is 3. The fourth-order valence-electron chi connectivity index (χ4n) is 2.91. The average molecular weight is 322 g/mol. The summed E-state index contributed by atoms with van der Waals surface area (Å²) in [7, 11) is 1.60. The minimum atomic E-state index is -0.257. The van der Waals surface area contributed by atoms with E-state index in [-0.39, 0.29) is 11.8 Å². The second-order valence-corrected chi connectivity index (χ2v) is 5.57. The number of methoxy groups -OCH3 is 1. The number of hydrogen-bond acceptors (Lipinski definition) is 4. The predicted octanol–water partition coefficient (Wildman–Crippen LogP) is 3.20. The molecule has 0 aliphatic rings. The van der Waals surface area contributed by atoms with E-state index in [4.69, 9.17) is 10.5 Å². The summed E-state index contributed by atoms with van der Waals surface area (Å²) in [4.78, 5) is 4.40. The van der Waals surface area contributed by atoms with Gasteiger partial charge < -0.3 is 10.5 Å². The Balaban J connectivity index is 1.88. The van der Waals surface area contributed by atoms with Crippen LogP contribution >= 0.6 is 0 Å². The number of para-hydroxylation sites is 1. The van der Waals surface area contributed by atoms with Crippen LogP contribution in [0.4, 0.5) is 10.3 Å². The van der Waals surface area contributed by atoms with Crippen LogP contribution in [0.15, 0.2) is 48.5 Å². The standard InChI is InChI=1S/C18H15FN4O/c1-24-16-7-3-6-14-15-10-13(9-11-4-2-5-12(19)8-11)22-23(15)18(20)21-17(14)16/h2-8,10H,9H2,1H3,(H2,20,21). The zero-order chi connectivity index (χ0) is 16.7. The molecule has 0 saturated carbocycles. The van der Waals surface area contributed by atoms with Crippen LogP contribution in [0, 0.1) is 5.82 Å². The smallest absolute Gasteiger partial charge is 0.222 e. The van der Waals surface area contributed by atoms with Gasteiger partial charge in [-0.15, -0.1) is 0 Å². The highest BCUT2D eigenvalue weighted by Gasteiger charge is 2.13. The summed E-state index contributed by atoms with van der Waals surface area (Å²) in [6, 6.07) is 14.1. The third kappa shape index (κ3) is 2.32. The van der Waals surface area contributed by atoms with E-state index in [0.717, 1.165) is 22.2 Å². The molecule has 2 aromatic carbocycles. The Kier molecular flexibility index (Phi) is 3.30. The first kappa shape index (κ1) is 14.4. The molecule has 6 heteroatoms. The first-order valence-corrected chi connectivity index (χ1v) is 7.51. The molecule has 4 rings (SSSR count). The number of nitrogens with two attached hydrogens (primary N) is 1. The molecular formula is C18H15FN4O. The Morgan fingerprint density at radius 2 is 2.00 bits per heavy atom. The van der Waals surface area contributed by atoms with E-state index in [1.807, 2.05) is 30.3 Å². The van der Waals surface area contributed by atoms with Gasteiger partial charge in [-0.2, -0.15) is 9.61 Å². The second kappa shape index (κ2) is 5.49. The zero-order valence-corrected chi connectivity index (χ0v) is 13.0. The van der Waals surface area contributed by atoms with Crippen molar-refractivity contribution in [2.75, 3.05) is 12.8 Å². The Morgan fingerprint density at radius 1 is 1.17 bits per heavy atom. The molecule has 2 aromatic heterocycles. The van der Waals surface area contributed by atoms with E-state index in [2.05, 4.69) is 10.1 Å². The van der Waals surface area contributed by atoms with E-state index in [1.165, 1.54) is 12.1 Å². The maximum Gasteiger partial charge on any atom is 0.222 e. The maximum atomic E-state index is 13.4. The molecule has 0 unspecified atom stereocenters. The summed E-state index contributed by atoms with van der Waals surface area (Å²) >= 11 is 0. The highest BCUT2D eigenvalue weighted by atomic mass is 19.1. The lowest BCUT2D eigenvalue weighted by Crippen LogP contribution is -2.03. The van der Waals surface area contributed by atoms with Crippen LogP contribution in [0.5, 0.6) is 5.75 Å². The van der Waals surface area contributed by atoms with Gasteiger partial charge in [-0.05, 0) is 29.8 Å². The lowest BCUT2D eigenvalue weighted by atomic mass is 10.1. The molecule has 2 heterocycles. The molecule has 0 radical (unpaired) electrons. The van der Waals surface area contributed by atoms with Crippen LogP contribution in [-0.2, 0) is 6.42 Å². The van der Waals surface area contributed by atoms with Crippen LogP contribution in [0.2, 0.25) is 0 Å². The molecule has 0 amide bonds. The van der Waals surface area contributed by atoms with E-state index in [1.54, 1.807) is 17.7 Å². The van der Waals surface area contributed by atoms with E-state index < -0.39 is 0 Å². The van der Waals surface area contributed by atoms with Crippen molar-refractivity contribution in [1.29, 1.82) is 0 Å². The van der Waals surface area contributed by atoms with Crippen molar-refractivity contribution in [3.63, 3.8) is 0 Å².